The Kier molecular flexibility index (Phi) is 6.13. The van der Waals surface area contributed by atoms with Gasteiger partial charge in [-0.05, 0) is 42.5 Å². The number of nitrogens with one attached hydrogen (secondary N) is 2. The van der Waals surface area contributed by atoms with Gasteiger partial charge >= 0.3 is 0 Å². The van der Waals surface area contributed by atoms with Gasteiger partial charge in [-0.1, -0.05) is 0 Å². The van der Waals surface area contributed by atoms with Crippen molar-refractivity contribution in [3.8, 4) is 11.5 Å². The predicted octanol–water partition coefficient (Wildman–Crippen LogP) is 3.56. The van der Waals surface area contributed by atoms with Crippen molar-refractivity contribution in [2.45, 2.75) is 0 Å². The minimum Gasteiger partial charge on any atom is -0.497 e. The summed E-state index contributed by atoms with van der Waals surface area (Å²) in [5.74, 6) is 1.08. The lowest BCUT2D eigenvalue weighted by atomic mass is 10.2. The molecular weight excluding hydrogens is 370 g/mol. The molecule has 0 bridgehead atoms. The van der Waals surface area contributed by atoms with E-state index >= 15 is 0 Å². The lowest BCUT2D eigenvalue weighted by Crippen LogP contribution is -2.15. The molecule has 1 heterocycles. The first kappa shape index (κ1) is 19.9. The van der Waals surface area contributed by atoms with Gasteiger partial charge in [0.2, 0.25) is 5.95 Å². The molecule has 2 N–H and O–H groups in total. The molecule has 8 heteroatoms. The Labute approximate surface area is 169 Å². The van der Waals surface area contributed by atoms with Crippen LogP contribution < -0.4 is 25.0 Å². The first-order chi connectivity index (χ1) is 14.0. The number of hydrogen-bond acceptors (Lipinski definition) is 7. The maximum absolute atomic E-state index is 12.6. The van der Waals surface area contributed by atoms with Crippen molar-refractivity contribution < 1.29 is 14.3 Å². The summed E-state index contributed by atoms with van der Waals surface area (Å²) in [5.41, 5.74) is 2.65. The molecule has 3 aromatic rings. The molecule has 3 rings (SSSR count). The molecule has 0 aliphatic carbocycles. The highest BCUT2D eigenvalue weighted by Crippen LogP contribution is 2.29. The van der Waals surface area contributed by atoms with E-state index in [0.717, 1.165) is 11.4 Å². The molecule has 29 heavy (non-hydrogen) atoms. The number of ether oxygens (including phenoxy) is 2. The number of anilines is 4. The van der Waals surface area contributed by atoms with Crippen molar-refractivity contribution in [2.24, 2.45) is 0 Å². The van der Waals surface area contributed by atoms with Crippen molar-refractivity contribution in [2.75, 3.05) is 43.8 Å². The fraction of sp³-hybridized carbons (Fsp3) is 0.190. The van der Waals surface area contributed by atoms with E-state index in [-0.39, 0.29) is 11.6 Å². The third-order valence-electron chi connectivity index (χ3n) is 4.18. The zero-order valence-corrected chi connectivity index (χ0v) is 16.8. The Morgan fingerprint density at radius 1 is 1.00 bits per heavy atom. The summed E-state index contributed by atoms with van der Waals surface area (Å²) in [4.78, 5) is 23.1. The lowest BCUT2D eigenvalue weighted by Gasteiger charge is -2.13. The lowest BCUT2D eigenvalue weighted by molar-refractivity contribution is 0.102. The molecule has 1 aromatic heterocycles. The summed E-state index contributed by atoms with van der Waals surface area (Å²) in [6.45, 7) is 0. The topological polar surface area (TPSA) is 88.6 Å². The van der Waals surface area contributed by atoms with Crippen LogP contribution in [0.15, 0.2) is 54.7 Å². The van der Waals surface area contributed by atoms with Gasteiger partial charge in [0.1, 0.15) is 17.2 Å². The second kappa shape index (κ2) is 8.92. The van der Waals surface area contributed by atoms with E-state index in [1.54, 1.807) is 31.4 Å². The summed E-state index contributed by atoms with van der Waals surface area (Å²) in [6, 6.07) is 14.5. The predicted molar refractivity (Wildman–Crippen MR) is 114 cm³/mol. The number of benzene rings is 2. The Morgan fingerprint density at radius 3 is 2.41 bits per heavy atom. The molecule has 0 atom stereocenters. The monoisotopic (exact) mass is 393 g/mol. The number of aromatic nitrogens is 2. The fourth-order valence-corrected chi connectivity index (χ4v) is 2.61. The van der Waals surface area contributed by atoms with Crippen LogP contribution in [0, 0.1) is 0 Å². The Morgan fingerprint density at radius 2 is 1.76 bits per heavy atom. The zero-order valence-electron chi connectivity index (χ0n) is 16.8. The molecule has 8 nitrogen and oxygen atoms in total. The molecule has 0 spiro atoms. The molecule has 0 saturated heterocycles. The highest BCUT2D eigenvalue weighted by molar-refractivity contribution is 6.03. The number of amides is 1. The van der Waals surface area contributed by atoms with E-state index in [1.165, 1.54) is 13.3 Å². The van der Waals surface area contributed by atoms with Gasteiger partial charge in [0.25, 0.3) is 5.91 Å². The van der Waals surface area contributed by atoms with Gasteiger partial charge in [0, 0.05) is 37.7 Å². The Bertz CT molecular complexity index is 990. The van der Waals surface area contributed by atoms with Gasteiger partial charge in [-0.2, -0.15) is 0 Å². The Balaban J connectivity index is 1.74. The minimum atomic E-state index is -0.373. The van der Waals surface area contributed by atoms with Gasteiger partial charge in [-0.25, -0.2) is 9.97 Å². The van der Waals surface area contributed by atoms with E-state index < -0.39 is 0 Å². The highest BCUT2D eigenvalue weighted by atomic mass is 16.5. The molecule has 0 aliphatic heterocycles. The quantitative estimate of drug-likeness (QED) is 0.634. The van der Waals surface area contributed by atoms with Gasteiger partial charge < -0.3 is 25.0 Å². The van der Waals surface area contributed by atoms with Gasteiger partial charge in [-0.15, -0.1) is 0 Å². The van der Waals surface area contributed by atoms with Crippen LogP contribution in [0.25, 0.3) is 0 Å². The number of nitrogens with zero attached hydrogens (tertiary/aromatic N) is 3. The van der Waals surface area contributed by atoms with Crippen LogP contribution in [-0.2, 0) is 0 Å². The van der Waals surface area contributed by atoms with Crippen LogP contribution in [-0.4, -0.2) is 44.2 Å². The van der Waals surface area contributed by atoms with E-state index in [0.29, 0.717) is 23.1 Å². The van der Waals surface area contributed by atoms with Crippen molar-refractivity contribution in [3.05, 3.63) is 60.4 Å². The average Bonchev–Trinajstić information content (AvgIpc) is 2.74. The van der Waals surface area contributed by atoms with Crippen LogP contribution >= 0.6 is 0 Å². The third-order valence-corrected chi connectivity index (χ3v) is 4.18. The van der Waals surface area contributed by atoms with Crippen molar-refractivity contribution >= 4 is 28.9 Å². The van der Waals surface area contributed by atoms with Crippen molar-refractivity contribution in [1.29, 1.82) is 0 Å². The second-order valence-electron chi connectivity index (χ2n) is 6.35. The number of methoxy groups -OCH3 is 2. The standard InChI is InChI=1S/C21H23N5O3/c1-26(2)15-7-5-14(6-8-15)23-21-22-12-11-18(25-21)20(27)24-17-10-9-16(28-3)13-19(17)29-4/h5-13H,1-4H3,(H,24,27)(H,22,23,25). The van der Waals surface area contributed by atoms with E-state index in [1.807, 2.05) is 43.3 Å². The third kappa shape index (κ3) is 4.92. The van der Waals surface area contributed by atoms with Crippen LogP contribution in [0.5, 0.6) is 11.5 Å². The number of carbonyl (C=O) groups excluding carboxylic acids is 1. The summed E-state index contributed by atoms with van der Waals surface area (Å²) >= 11 is 0. The highest BCUT2D eigenvalue weighted by Gasteiger charge is 2.13. The SMILES string of the molecule is COc1ccc(NC(=O)c2ccnc(Nc3ccc(N(C)C)cc3)n2)c(OC)c1. The minimum absolute atomic E-state index is 0.227. The fourth-order valence-electron chi connectivity index (χ4n) is 2.61. The van der Waals surface area contributed by atoms with Crippen LogP contribution in [0.3, 0.4) is 0 Å². The van der Waals surface area contributed by atoms with E-state index in [4.69, 9.17) is 9.47 Å². The first-order valence-electron chi connectivity index (χ1n) is 8.91. The van der Waals surface area contributed by atoms with E-state index in [9.17, 15) is 4.79 Å². The number of hydrogen-bond donors (Lipinski definition) is 2. The molecule has 1 amide bonds. The first-order valence-corrected chi connectivity index (χ1v) is 8.91. The normalized spacial score (nSPS) is 10.2. The summed E-state index contributed by atoms with van der Waals surface area (Å²) in [5, 5.41) is 5.90. The molecule has 2 aromatic carbocycles. The van der Waals surface area contributed by atoms with Crippen molar-refractivity contribution in [3.63, 3.8) is 0 Å². The summed E-state index contributed by atoms with van der Waals surface area (Å²) < 4.78 is 10.5. The van der Waals surface area contributed by atoms with Crippen molar-refractivity contribution in [1.82, 2.24) is 9.97 Å². The largest absolute Gasteiger partial charge is 0.497 e. The van der Waals surface area contributed by atoms with Crippen LogP contribution in [0.2, 0.25) is 0 Å². The molecule has 0 fully saturated rings. The molecule has 0 aliphatic rings. The molecule has 0 radical (unpaired) electrons. The van der Waals surface area contributed by atoms with E-state index in [2.05, 4.69) is 20.6 Å². The van der Waals surface area contributed by atoms with Crippen LogP contribution in [0.4, 0.5) is 23.0 Å². The number of carbonyl (C=O) groups is 1. The summed E-state index contributed by atoms with van der Waals surface area (Å²) in [7, 11) is 7.05. The molecule has 0 unspecified atom stereocenters. The molecular formula is C21H23N5O3. The second-order valence-corrected chi connectivity index (χ2v) is 6.35. The average molecular weight is 393 g/mol. The molecule has 150 valence electrons. The van der Waals surface area contributed by atoms with Crippen LogP contribution in [0.1, 0.15) is 10.5 Å². The maximum Gasteiger partial charge on any atom is 0.274 e. The van der Waals surface area contributed by atoms with Gasteiger partial charge in [0.15, 0.2) is 0 Å². The number of rotatable bonds is 7. The van der Waals surface area contributed by atoms with Gasteiger partial charge in [0.05, 0.1) is 19.9 Å². The maximum atomic E-state index is 12.6. The molecule has 0 saturated carbocycles. The Hall–Kier alpha value is -3.81. The summed E-state index contributed by atoms with van der Waals surface area (Å²) in [6.07, 6.45) is 1.53. The smallest absolute Gasteiger partial charge is 0.274 e. The van der Waals surface area contributed by atoms with Gasteiger partial charge in [-0.3, -0.25) is 4.79 Å². The zero-order chi connectivity index (χ0) is 20.8.